The fourth-order valence-corrected chi connectivity index (χ4v) is 3.81. The normalized spacial score (nSPS) is 11.6. The third-order valence-electron chi connectivity index (χ3n) is 5.21. The van der Waals surface area contributed by atoms with Gasteiger partial charge < -0.3 is 9.84 Å². The quantitative estimate of drug-likeness (QED) is 0.499. The van der Waals surface area contributed by atoms with E-state index in [1.54, 1.807) is 7.11 Å². The molecule has 0 fully saturated rings. The second kappa shape index (κ2) is 7.27. The number of benzene rings is 2. The number of nitriles is 1. The third kappa shape index (κ3) is 3.09. The molecule has 0 unspecified atom stereocenters. The van der Waals surface area contributed by atoms with Crippen LogP contribution in [0.3, 0.4) is 0 Å². The lowest BCUT2D eigenvalue weighted by Crippen LogP contribution is -2.12. The molecule has 0 radical (unpaired) electrons. The molecule has 30 heavy (non-hydrogen) atoms. The molecule has 4 aromatic rings. The summed E-state index contributed by atoms with van der Waals surface area (Å²) in [7, 11) is 1.64. The lowest BCUT2D eigenvalue weighted by molar-refractivity contribution is 0.416. The van der Waals surface area contributed by atoms with E-state index in [-0.39, 0.29) is 11.3 Å². The summed E-state index contributed by atoms with van der Waals surface area (Å²) in [5, 5.41) is 28.6. The van der Waals surface area contributed by atoms with E-state index in [1.807, 2.05) is 53.1 Å². The molecule has 0 aliphatic carbocycles. The number of aromatic hydroxyl groups is 1. The van der Waals surface area contributed by atoms with Gasteiger partial charge in [0.2, 0.25) is 5.88 Å². The van der Waals surface area contributed by atoms with E-state index in [0.717, 1.165) is 33.6 Å². The van der Waals surface area contributed by atoms with Crippen LogP contribution in [0.25, 0.3) is 27.8 Å². The number of rotatable bonds is 4. The van der Waals surface area contributed by atoms with Crippen LogP contribution in [-0.4, -0.2) is 27.0 Å². The van der Waals surface area contributed by atoms with Crippen molar-refractivity contribution in [3.8, 4) is 34.6 Å². The molecule has 2 heterocycles. The Balaban J connectivity index is 2.09. The van der Waals surface area contributed by atoms with E-state index in [1.165, 1.54) is 0 Å². The average Bonchev–Trinajstić information content (AvgIpc) is 3.28. The van der Waals surface area contributed by atoms with Gasteiger partial charge in [0.25, 0.3) is 0 Å². The molecule has 6 nitrogen and oxygen atoms in total. The molecular weight excluding hydrogens is 376 g/mol. The topological polar surface area (TPSA) is 86.9 Å². The first-order valence-corrected chi connectivity index (χ1v) is 9.78. The lowest BCUT2D eigenvalue weighted by Gasteiger charge is -2.18. The van der Waals surface area contributed by atoms with Crippen LogP contribution in [0.2, 0.25) is 0 Å². The first kappa shape index (κ1) is 19.6. The number of nitrogens with one attached hydrogen (secondary N) is 1. The van der Waals surface area contributed by atoms with Gasteiger partial charge in [0, 0.05) is 16.7 Å². The summed E-state index contributed by atoms with van der Waals surface area (Å²) in [6, 6.07) is 17.5. The maximum Gasteiger partial charge on any atom is 0.222 e. The number of aromatic amines is 1. The molecule has 0 bridgehead atoms. The van der Waals surface area contributed by atoms with E-state index in [4.69, 9.17) is 10.00 Å². The second-order valence-corrected chi connectivity index (χ2v) is 8.28. The van der Waals surface area contributed by atoms with Crippen LogP contribution in [-0.2, 0) is 11.8 Å². The van der Waals surface area contributed by atoms with Crippen molar-refractivity contribution in [3.63, 3.8) is 0 Å². The zero-order valence-electron chi connectivity index (χ0n) is 17.5. The summed E-state index contributed by atoms with van der Waals surface area (Å²) in [5.74, 6) is 0.794. The summed E-state index contributed by atoms with van der Waals surface area (Å²) in [5.41, 5.74) is 4.61. The van der Waals surface area contributed by atoms with Gasteiger partial charge >= 0.3 is 0 Å². The van der Waals surface area contributed by atoms with Gasteiger partial charge in [-0.05, 0) is 29.8 Å². The van der Waals surface area contributed by atoms with E-state index in [2.05, 4.69) is 37.0 Å². The highest BCUT2D eigenvalue weighted by Gasteiger charge is 2.30. The SMILES string of the molecule is COc1ccccc1-c1c2c(C(C)(C)C)n[nH]c2c(O)n1-c1ccc(CC#N)cc1. The van der Waals surface area contributed by atoms with Crippen molar-refractivity contribution in [1.29, 1.82) is 5.26 Å². The molecule has 0 amide bonds. The predicted octanol–water partition coefficient (Wildman–Crippen LogP) is 5.10. The number of ether oxygens (including phenoxy) is 1. The molecule has 4 rings (SSSR count). The number of hydrogen-bond donors (Lipinski definition) is 2. The van der Waals surface area contributed by atoms with Crippen LogP contribution in [0.1, 0.15) is 32.0 Å². The highest BCUT2D eigenvalue weighted by atomic mass is 16.5. The maximum absolute atomic E-state index is 11.2. The highest BCUT2D eigenvalue weighted by molar-refractivity contribution is 6.02. The first-order valence-electron chi connectivity index (χ1n) is 9.78. The number of aromatic nitrogens is 3. The third-order valence-corrected chi connectivity index (χ3v) is 5.21. The monoisotopic (exact) mass is 400 g/mol. The van der Waals surface area contributed by atoms with Gasteiger partial charge in [-0.1, -0.05) is 45.0 Å². The van der Waals surface area contributed by atoms with E-state index >= 15 is 0 Å². The Labute approximate surface area is 175 Å². The zero-order chi connectivity index (χ0) is 21.5. The largest absolute Gasteiger partial charge is 0.496 e. The Hall–Kier alpha value is -3.72. The van der Waals surface area contributed by atoms with Crippen LogP contribution in [0.15, 0.2) is 48.5 Å². The number of H-pyrrole nitrogens is 1. The summed E-state index contributed by atoms with van der Waals surface area (Å²) in [6.07, 6.45) is 0.343. The Morgan fingerprint density at radius 1 is 1.13 bits per heavy atom. The van der Waals surface area contributed by atoms with Gasteiger partial charge in [0.15, 0.2) is 0 Å². The molecule has 152 valence electrons. The van der Waals surface area contributed by atoms with Crippen LogP contribution in [0.5, 0.6) is 11.6 Å². The van der Waals surface area contributed by atoms with Crippen molar-refractivity contribution in [3.05, 3.63) is 59.8 Å². The van der Waals surface area contributed by atoms with Crippen LogP contribution >= 0.6 is 0 Å². The summed E-state index contributed by atoms with van der Waals surface area (Å²) in [6.45, 7) is 6.29. The highest BCUT2D eigenvalue weighted by Crippen LogP contribution is 2.45. The van der Waals surface area contributed by atoms with E-state index in [9.17, 15) is 5.11 Å². The minimum atomic E-state index is -0.232. The number of methoxy groups -OCH3 is 1. The molecule has 0 aliphatic heterocycles. The molecule has 2 aromatic heterocycles. The van der Waals surface area contributed by atoms with Gasteiger partial charge in [-0.15, -0.1) is 0 Å². The fourth-order valence-electron chi connectivity index (χ4n) is 3.81. The summed E-state index contributed by atoms with van der Waals surface area (Å²) < 4.78 is 7.45. The fraction of sp³-hybridized carbons (Fsp3) is 0.250. The molecule has 0 spiro atoms. The van der Waals surface area contributed by atoms with Gasteiger partial charge in [0.1, 0.15) is 11.3 Å². The zero-order valence-corrected chi connectivity index (χ0v) is 17.5. The minimum Gasteiger partial charge on any atom is -0.496 e. The molecule has 2 aromatic carbocycles. The van der Waals surface area contributed by atoms with Crippen molar-refractivity contribution < 1.29 is 9.84 Å². The molecule has 0 atom stereocenters. The average molecular weight is 400 g/mol. The van der Waals surface area contributed by atoms with Crippen molar-refractivity contribution in [2.24, 2.45) is 0 Å². The van der Waals surface area contributed by atoms with Crippen LogP contribution in [0, 0.1) is 11.3 Å². The molecule has 6 heteroatoms. The predicted molar refractivity (Wildman–Crippen MR) is 117 cm³/mol. The Kier molecular flexibility index (Phi) is 4.75. The standard InChI is InChI=1S/C24H24N4O2/c1-24(2,3)22-19-20(26-27-22)23(29)28(16-11-9-15(10-12-16)13-14-25)21(19)17-7-5-6-8-18(17)30-4/h5-12,26,29H,13H2,1-4H3. The van der Waals surface area contributed by atoms with Crippen molar-refractivity contribution in [2.75, 3.05) is 7.11 Å². The first-order chi connectivity index (χ1) is 14.4. The minimum absolute atomic E-state index is 0.0851. The Bertz CT molecular complexity index is 1250. The van der Waals surface area contributed by atoms with Crippen LogP contribution in [0.4, 0.5) is 0 Å². The number of para-hydroxylation sites is 1. The molecule has 2 N–H and O–H groups in total. The maximum atomic E-state index is 11.2. The Morgan fingerprint density at radius 2 is 1.83 bits per heavy atom. The van der Waals surface area contributed by atoms with Crippen molar-refractivity contribution in [2.45, 2.75) is 32.6 Å². The number of hydrogen-bond acceptors (Lipinski definition) is 4. The smallest absolute Gasteiger partial charge is 0.222 e. The number of fused-ring (bicyclic) bond motifs is 1. The molecule has 0 saturated carbocycles. The van der Waals surface area contributed by atoms with Crippen molar-refractivity contribution >= 4 is 10.9 Å². The van der Waals surface area contributed by atoms with Gasteiger partial charge in [-0.3, -0.25) is 9.67 Å². The van der Waals surface area contributed by atoms with Crippen LogP contribution < -0.4 is 4.74 Å². The summed E-state index contributed by atoms with van der Waals surface area (Å²) in [4.78, 5) is 0. The second-order valence-electron chi connectivity index (χ2n) is 8.28. The lowest BCUT2D eigenvalue weighted by atomic mass is 9.89. The van der Waals surface area contributed by atoms with Crippen molar-refractivity contribution in [1.82, 2.24) is 14.8 Å². The Morgan fingerprint density at radius 3 is 2.47 bits per heavy atom. The molecule has 0 saturated heterocycles. The number of nitrogens with zero attached hydrogens (tertiary/aromatic N) is 3. The van der Waals surface area contributed by atoms with E-state index in [0.29, 0.717) is 17.7 Å². The molecular formula is C24H24N4O2. The van der Waals surface area contributed by atoms with Gasteiger partial charge in [-0.2, -0.15) is 10.4 Å². The van der Waals surface area contributed by atoms with E-state index < -0.39 is 0 Å². The molecule has 0 aliphatic rings. The van der Waals surface area contributed by atoms with Gasteiger partial charge in [0.05, 0.1) is 36.4 Å². The summed E-state index contributed by atoms with van der Waals surface area (Å²) >= 11 is 0. The van der Waals surface area contributed by atoms with Gasteiger partial charge in [-0.25, -0.2) is 0 Å².